The van der Waals surface area contributed by atoms with Crippen molar-refractivity contribution in [2.75, 3.05) is 32.7 Å². The van der Waals surface area contributed by atoms with Crippen LogP contribution >= 0.6 is 0 Å². The van der Waals surface area contributed by atoms with Crippen molar-refractivity contribution in [2.45, 2.75) is 37.8 Å². The average Bonchev–Trinajstić information content (AvgIpc) is 2.43. The lowest BCUT2D eigenvalue weighted by Gasteiger charge is -2.28. The molecule has 2 fully saturated rings. The van der Waals surface area contributed by atoms with E-state index in [-0.39, 0.29) is 0 Å². The van der Waals surface area contributed by atoms with Gasteiger partial charge in [-0.1, -0.05) is 12.8 Å². The summed E-state index contributed by atoms with van der Waals surface area (Å²) in [5, 5.41) is 3.35. The second kappa shape index (κ2) is 4.58. The lowest BCUT2D eigenvalue weighted by molar-refractivity contribution is 0.102. The third-order valence-electron chi connectivity index (χ3n) is 3.44. The Balaban J connectivity index is 1.82. The fraction of sp³-hybridized carbons (Fsp3) is 1.00. The Morgan fingerprint density at radius 3 is 2.64 bits per heavy atom. The van der Waals surface area contributed by atoms with Crippen molar-refractivity contribution in [3.8, 4) is 0 Å². The minimum absolute atomic E-state index is 0.675. The van der Waals surface area contributed by atoms with E-state index in [1.54, 1.807) is 0 Å². The molecule has 0 unspecified atom stereocenters. The van der Waals surface area contributed by atoms with Crippen molar-refractivity contribution >= 4 is 0 Å². The molecule has 1 N–H and O–H groups in total. The van der Waals surface area contributed by atoms with Crippen molar-refractivity contribution in [3.05, 3.63) is 0 Å². The summed E-state index contributed by atoms with van der Waals surface area (Å²) in [5.74, 6) is 0. The number of rotatable bonds is 2. The van der Waals surface area contributed by atoms with Crippen LogP contribution < -0.4 is 5.32 Å². The van der Waals surface area contributed by atoms with Crippen LogP contribution in [0.15, 0.2) is 0 Å². The summed E-state index contributed by atoms with van der Waals surface area (Å²) < 4.78 is 14.2. The van der Waals surface area contributed by atoms with Gasteiger partial charge in [-0.15, -0.1) is 0 Å². The molecule has 1 saturated carbocycles. The molecule has 0 bridgehead atoms. The van der Waals surface area contributed by atoms with Crippen LogP contribution in [0.25, 0.3) is 0 Å². The van der Waals surface area contributed by atoms with E-state index < -0.39 is 5.67 Å². The zero-order valence-electron chi connectivity index (χ0n) is 8.90. The van der Waals surface area contributed by atoms with Gasteiger partial charge in [0.1, 0.15) is 5.67 Å². The highest BCUT2D eigenvalue weighted by molar-refractivity contribution is 4.88. The minimum atomic E-state index is -0.857. The lowest BCUT2D eigenvalue weighted by Crippen LogP contribution is -2.39. The predicted octanol–water partition coefficient (Wildman–Crippen LogP) is 1.56. The van der Waals surface area contributed by atoms with Crippen molar-refractivity contribution < 1.29 is 4.39 Å². The van der Waals surface area contributed by atoms with E-state index in [9.17, 15) is 4.39 Å². The molecule has 0 aromatic carbocycles. The van der Waals surface area contributed by atoms with E-state index in [1.165, 1.54) is 0 Å². The zero-order valence-corrected chi connectivity index (χ0v) is 8.90. The Labute approximate surface area is 85.9 Å². The van der Waals surface area contributed by atoms with Crippen LogP contribution in [0.5, 0.6) is 0 Å². The zero-order chi connectivity index (χ0) is 9.86. The van der Waals surface area contributed by atoms with Crippen molar-refractivity contribution in [1.29, 1.82) is 0 Å². The number of nitrogens with one attached hydrogen (secondary N) is 1. The highest BCUT2D eigenvalue weighted by atomic mass is 19.1. The summed E-state index contributed by atoms with van der Waals surface area (Å²) >= 11 is 0. The summed E-state index contributed by atoms with van der Waals surface area (Å²) in [7, 11) is 0. The van der Waals surface area contributed by atoms with Gasteiger partial charge in [0, 0.05) is 19.6 Å². The van der Waals surface area contributed by atoms with Gasteiger partial charge < -0.3 is 5.32 Å². The molecule has 0 radical (unpaired) electrons. The summed E-state index contributed by atoms with van der Waals surface area (Å²) in [5.41, 5.74) is -0.857. The molecule has 1 aliphatic carbocycles. The van der Waals surface area contributed by atoms with Crippen LogP contribution in [0, 0.1) is 0 Å². The van der Waals surface area contributed by atoms with E-state index in [1.807, 2.05) is 0 Å². The summed E-state index contributed by atoms with van der Waals surface area (Å²) in [4.78, 5) is 2.30. The molecule has 2 aliphatic rings. The van der Waals surface area contributed by atoms with Gasteiger partial charge in [0.25, 0.3) is 0 Å². The SMILES string of the molecule is FC1(CN2CCCNCC2)CCCC1. The van der Waals surface area contributed by atoms with Gasteiger partial charge in [-0.2, -0.15) is 0 Å². The molecule has 0 aromatic rings. The van der Waals surface area contributed by atoms with Crippen LogP contribution in [-0.2, 0) is 0 Å². The van der Waals surface area contributed by atoms with Crippen LogP contribution in [0.1, 0.15) is 32.1 Å². The van der Waals surface area contributed by atoms with E-state index in [0.717, 1.165) is 58.3 Å². The number of nitrogens with zero attached hydrogens (tertiary/aromatic N) is 1. The molecule has 2 rings (SSSR count). The number of alkyl halides is 1. The molecule has 0 spiro atoms. The second-order valence-electron chi connectivity index (χ2n) is 4.74. The molecule has 1 heterocycles. The van der Waals surface area contributed by atoms with Crippen LogP contribution in [0.3, 0.4) is 0 Å². The van der Waals surface area contributed by atoms with Crippen molar-refractivity contribution in [3.63, 3.8) is 0 Å². The Morgan fingerprint density at radius 2 is 1.86 bits per heavy atom. The maximum atomic E-state index is 14.2. The Bertz CT molecular complexity index is 170. The molecule has 82 valence electrons. The maximum Gasteiger partial charge on any atom is 0.123 e. The quantitative estimate of drug-likeness (QED) is 0.728. The summed E-state index contributed by atoms with van der Waals surface area (Å²) in [6.45, 7) is 4.88. The predicted molar refractivity (Wildman–Crippen MR) is 56.2 cm³/mol. The molecule has 0 aromatic heterocycles. The molecule has 3 heteroatoms. The van der Waals surface area contributed by atoms with Gasteiger partial charge in [-0.25, -0.2) is 4.39 Å². The van der Waals surface area contributed by atoms with Gasteiger partial charge in [0.05, 0.1) is 0 Å². The molecular formula is C11H21FN2. The number of halogens is 1. The van der Waals surface area contributed by atoms with E-state index in [0.29, 0.717) is 6.54 Å². The fourth-order valence-electron chi connectivity index (χ4n) is 2.63. The van der Waals surface area contributed by atoms with Crippen molar-refractivity contribution in [2.24, 2.45) is 0 Å². The smallest absolute Gasteiger partial charge is 0.123 e. The molecule has 0 amide bonds. The number of hydrogen-bond donors (Lipinski definition) is 1. The molecule has 0 atom stereocenters. The minimum Gasteiger partial charge on any atom is -0.315 e. The van der Waals surface area contributed by atoms with Gasteiger partial charge in [-0.05, 0) is 32.4 Å². The van der Waals surface area contributed by atoms with Gasteiger partial charge >= 0.3 is 0 Å². The van der Waals surface area contributed by atoms with Gasteiger partial charge in [0.15, 0.2) is 0 Å². The third kappa shape index (κ3) is 2.67. The highest BCUT2D eigenvalue weighted by Gasteiger charge is 2.35. The van der Waals surface area contributed by atoms with E-state index >= 15 is 0 Å². The topological polar surface area (TPSA) is 15.3 Å². The van der Waals surface area contributed by atoms with Gasteiger partial charge in [-0.3, -0.25) is 4.90 Å². The molecule has 14 heavy (non-hydrogen) atoms. The van der Waals surface area contributed by atoms with Crippen LogP contribution in [-0.4, -0.2) is 43.3 Å². The van der Waals surface area contributed by atoms with Crippen LogP contribution in [0.4, 0.5) is 4.39 Å². The molecule has 2 nitrogen and oxygen atoms in total. The van der Waals surface area contributed by atoms with Gasteiger partial charge in [0.2, 0.25) is 0 Å². The first-order valence-corrected chi connectivity index (χ1v) is 5.91. The third-order valence-corrected chi connectivity index (χ3v) is 3.44. The standard InChI is InChI=1S/C11H21FN2/c12-11(4-1-2-5-11)10-14-8-3-6-13-7-9-14/h13H,1-10H2. The molecule has 1 aliphatic heterocycles. The van der Waals surface area contributed by atoms with E-state index in [4.69, 9.17) is 0 Å². The Morgan fingerprint density at radius 1 is 1.07 bits per heavy atom. The summed E-state index contributed by atoms with van der Waals surface area (Å²) in [6.07, 6.45) is 4.91. The first-order valence-electron chi connectivity index (χ1n) is 5.91. The first-order chi connectivity index (χ1) is 6.79. The normalized spacial score (nSPS) is 28.9. The average molecular weight is 200 g/mol. The first kappa shape index (κ1) is 10.4. The van der Waals surface area contributed by atoms with Crippen molar-refractivity contribution in [1.82, 2.24) is 10.2 Å². The van der Waals surface area contributed by atoms with Crippen LogP contribution in [0.2, 0.25) is 0 Å². The maximum absolute atomic E-state index is 14.2. The fourth-order valence-corrected chi connectivity index (χ4v) is 2.63. The Hall–Kier alpha value is -0.150. The Kier molecular flexibility index (Phi) is 3.39. The lowest BCUT2D eigenvalue weighted by atomic mass is 10.0. The largest absolute Gasteiger partial charge is 0.315 e. The number of hydrogen-bond acceptors (Lipinski definition) is 2. The second-order valence-corrected chi connectivity index (χ2v) is 4.74. The summed E-state index contributed by atoms with van der Waals surface area (Å²) in [6, 6.07) is 0. The van der Waals surface area contributed by atoms with E-state index in [2.05, 4.69) is 10.2 Å². The highest BCUT2D eigenvalue weighted by Crippen LogP contribution is 2.34. The monoisotopic (exact) mass is 200 g/mol. The molecule has 1 saturated heterocycles. The molecular weight excluding hydrogens is 179 g/mol.